The number of ether oxygens (including phenoxy) is 2. The summed E-state index contributed by atoms with van der Waals surface area (Å²) in [7, 11) is -3.81. The highest BCUT2D eigenvalue weighted by atomic mass is 32.2. The first-order valence-corrected chi connectivity index (χ1v) is 12.0. The van der Waals surface area contributed by atoms with Gasteiger partial charge in [0.25, 0.3) is 0 Å². The van der Waals surface area contributed by atoms with Gasteiger partial charge in [0, 0.05) is 18.8 Å². The average Bonchev–Trinajstić information content (AvgIpc) is 2.69. The van der Waals surface area contributed by atoms with Crippen LogP contribution in [0.25, 0.3) is 0 Å². The largest absolute Gasteiger partial charge is 0.444 e. The number of hydrogen-bond donors (Lipinski definition) is 3. The maximum atomic E-state index is 12.5. The molecule has 0 radical (unpaired) electrons. The second-order valence-corrected chi connectivity index (χ2v) is 10.2. The number of carbonyl (C=O) groups excluding carboxylic acids is 2. The molecule has 3 N–H and O–H groups in total. The van der Waals surface area contributed by atoms with Gasteiger partial charge in [-0.25, -0.2) is 17.9 Å². The van der Waals surface area contributed by atoms with E-state index in [0.29, 0.717) is 5.69 Å². The van der Waals surface area contributed by atoms with Gasteiger partial charge in [0.05, 0.1) is 11.0 Å². The van der Waals surface area contributed by atoms with E-state index in [4.69, 9.17) is 9.47 Å². The van der Waals surface area contributed by atoms with Gasteiger partial charge in [0.1, 0.15) is 12.2 Å². The van der Waals surface area contributed by atoms with E-state index >= 15 is 0 Å². The van der Waals surface area contributed by atoms with Crippen LogP contribution in [0.15, 0.2) is 29.2 Å². The molecule has 31 heavy (non-hydrogen) atoms. The Hall–Kier alpha value is -2.17. The maximum absolute atomic E-state index is 12.5. The third-order valence-electron chi connectivity index (χ3n) is 4.52. The van der Waals surface area contributed by atoms with Gasteiger partial charge in [-0.1, -0.05) is 25.3 Å². The zero-order chi connectivity index (χ0) is 22.9. The lowest BCUT2D eigenvalue weighted by molar-refractivity contribution is -0.123. The molecular formula is C21H33N3O6S. The number of benzene rings is 1. The number of nitrogens with one attached hydrogen (secondary N) is 3. The molecule has 0 spiro atoms. The number of rotatable bonds is 9. The number of sulfonamides is 1. The first kappa shape index (κ1) is 25.1. The Morgan fingerprint density at radius 1 is 1.10 bits per heavy atom. The van der Waals surface area contributed by atoms with Crippen molar-refractivity contribution >= 4 is 27.7 Å². The average molecular weight is 456 g/mol. The summed E-state index contributed by atoms with van der Waals surface area (Å²) in [5.74, 6) is -0.324. The smallest absolute Gasteiger partial charge is 0.407 e. The topological polar surface area (TPSA) is 123 Å². The second kappa shape index (κ2) is 11.4. The van der Waals surface area contributed by atoms with Crippen molar-refractivity contribution in [3.63, 3.8) is 0 Å². The Labute approximate surface area is 184 Å². The van der Waals surface area contributed by atoms with E-state index in [-0.39, 0.29) is 36.6 Å². The summed E-state index contributed by atoms with van der Waals surface area (Å²) in [6.45, 7) is 5.22. The van der Waals surface area contributed by atoms with Crippen molar-refractivity contribution in [3.8, 4) is 0 Å². The molecule has 10 heteroatoms. The van der Waals surface area contributed by atoms with E-state index in [0.717, 1.165) is 25.7 Å². The minimum atomic E-state index is -3.81. The molecule has 1 aliphatic rings. The van der Waals surface area contributed by atoms with Crippen molar-refractivity contribution in [1.82, 2.24) is 10.0 Å². The molecule has 0 aliphatic heterocycles. The third kappa shape index (κ3) is 9.67. The van der Waals surface area contributed by atoms with E-state index in [1.165, 1.54) is 18.6 Å². The molecule has 1 fully saturated rings. The zero-order valence-electron chi connectivity index (χ0n) is 18.4. The third-order valence-corrected chi connectivity index (χ3v) is 5.97. The van der Waals surface area contributed by atoms with E-state index in [9.17, 15) is 18.0 Å². The normalized spacial score (nSPS) is 15.3. The predicted octanol–water partition coefficient (Wildman–Crippen LogP) is 2.78. The summed E-state index contributed by atoms with van der Waals surface area (Å²) < 4.78 is 38.1. The van der Waals surface area contributed by atoms with Gasteiger partial charge >= 0.3 is 6.09 Å². The lowest BCUT2D eigenvalue weighted by Crippen LogP contribution is -2.37. The molecule has 2 amide bonds. The molecule has 1 aromatic rings. The summed E-state index contributed by atoms with van der Waals surface area (Å²) >= 11 is 0. The van der Waals surface area contributed by atoms with Crippen molar-refractivity contribution in [1.29, 1.82) is 0 Å². The molecule has 9 nitrogen and oxygen atoms in total. The summed E-state index contributed by atoms with van der Waals surface area (Å²) in [6, 6.07) is 5.96. The van der Waals surface area contributed by atoms with Crippen molar-refractivity contribution in [2.45, 2.75) is 69.5 Å². The van der Waals surface area contributed by atoms with Gasteiger partial charge in [-0.3, -0.25) is 4.79 Å². The molecule has 1 aliphatic carbocycles. The maximum Gasteiger partial charge on any atom is 0.407 e. The van der Waals surface area contributed by atoms with Crippen LogP contribution in [-0.4, -0.2) is 51.8 Å². The van der Waals surface area contributed by atoms with E-state index in [1.54, 1.807) is 32.9 Å². The van der Waals surface area contributed by atoms with Gasteiger partial charge < -0.3 is 20.1 Å². The Balaban J connectivity index is 1.80. The molecule has 0 bridgehead atoms. The SMILES string of the molecule is CC(C)(C)OC(=O)NCCNS(=O)(=O)c1cccc(NC(=O)COC2CCCCC2)c1. The summed E-state index contributed by atoms with van der Waals surface area (Å²) in [5.41, 5.74) is -0.261. The number of anilines is 1. The molecule has 2 rings (SSSR count). The van der Waals surface area contributed by atoms with Crippen LogP contribution in [0.4, 0.5) is 10.5 Å². The number of amides is 2. The van der Waals surface area contributed by atoms with Crippen LogP contribution in [0, 0.1) is 0 Å². The lowest BCUT2D eigenvalue weighted by atomic mass is 9.98. The molecular weight excluding hydrogens is 422 g/mol. The number of hydrogen-bond acceptors (Lipinski definition) is 6. The summed E-state index contributed by atoms with van der Waals surface area (Å²) in [4.78, 5) is 23.7. The Morgan fingerprint density at radius 2 is 1.81 bits per heavy atom. The molecule has 1 saturated carbocycles. The fraction of sp³-hybridized carbons (Fsp3) is 0.619. The molecule has 0 unspecified atom stereocenters. The van der Waals surface area contributed by atoms with Gasteiger partial charge in [-0.2, -0.15) is 0 Å². The van der Waals surface area contributed by atoms with Gasteiger partial charge in [0.2, 0.25) is 15.9 Å². The predicted molar refractivity (Wildman–Crippen MR) is 117 cm³/mol. The van der Waals surface area contributed by atoms with Crippen LogP contribution >= 0.6 is 0 Å². The highest BCUT2D eigenvalue weighted by molar-refractivity contribution is 7.89. The Bertz CT molecular complexity index is 845. The molecule has 0 aromatic heterocycles. The highest BCUT2D eigenvalue weighted by Gasteiger charge is 2.18. The number of carbonyl (C=O) groups is 2. The van der Waals surface area contributed by atoms with Crippen LogP contribution in [0.2, 0.25) is 0 Å². The molecule has 0 heterocycles. The molecule has 174 valence electrons. The van der Waals surface area contributed by atoms with E-state index in [2.05, 4.69) is 15.4 Å². The van der Waals surface area contributed by atoms with Gasteiger partial charge in [-0.15, -0.1) is 0 Å². The van der Waals surface area contributed by atoms with Crippen molar-refractivity contribution < 1.29 is 27.5 Å². The van der Waals surface area contributed by atoms with Crippen molar-refractivity contribution in [2.75, 3.05) is 25.0 Å². The molecule has 0 saturated heterocycles. The monoisotopic (exact) mass is 455 g/mol. The van der Waals surface area contributed by atoms with E-state index < -0.39 is 21.7 Å². The Kier molecular flexibility index (Phi) is 9.27. The van der Waals surface area contributed by atoms with Gasteiger partial charge in [-0.05, 0) is 51.8 Å². The zero-order valence-corrected chi connectivity index (χ0v) is 19.2. The van der Waals surface area contributed by atoms with Crippen LogP contribution in [0.1, 0.15) is 52.9 Å². The van der Waals surface area contributed by atoms with Gasteiger partial charge in [0.15, 0.2) is 0 Å². The quantitative estimate of drug-likeness (QED) is 0.492. The summed E-state index contributed by atoms with van der Waals surface area (Å²) in [5, 5.41) is 5.15. The Morgan fingerprint density at radius 3 is 2.48 bits per heavy atom. The van der Waals surface area contributed by atoms with Crippen molar-refractivity contribution in [2.24, 2.45) is 0 Å². The molecule has 1 aromatic carbocycles. The van der Waals surface area contributed by atoms with E-state index in [1.807, 2.05) is 0 Å². The highest BCUT2D eigenvalue weighted by Crippen LogP contribution is 2.20. The standard InChI is InChI=1S/C21H33N3O6S/c1-21(2,3)30-20(26)22-12-13-23-31(27,28)18-11-7-8-16(14-18)24-19(25)15-29-17-9-5-4-6-10-17/h7-8,11,14,17,23H,4-6,9-10,12-13,15H2,1-3H3,(H,22,26)(H,24,25). The van der Waals surface area contributed by atoms with Crippen molar-refractivity contribution in [3.05, 3.63) is 24.3 Å². The van der Waals surface area contributed by atoms with Crippen LogP contribution in [0.3, 0.4) is 0 Å². The lowest BCUT2D eigenvalue weighted by Gasteiger charge is -2.21. The van der Waals surface area contributed by atoms with Crippen LogP contribution in [-0.2, 0) is 24.3 Å². The van der Waals surface area contributed by atoms with Crippen LogP contribution < -0.4 is 15.4 Å². The minimum absolute atomic E-state index is 0.00656. The minimum Gasteiger partial charge on any atom is -0.444 e. The first-order chi connectivity index (χ1) is 14.5. The fourth-order valence-corrected chi connectivity index (χ4v) is 4.19. The second-order valence-electron chi connectivity index (χ2n) is 8.47. The van der Waals surface area contributed by atoms with Crippen LogP contribution in [0.5, 0.6) is 0 Å². The number of alkyl carbamates (subject to hydrolysis) is 1. The fourth-order valence-electron chi connectivity index (χ4n) is 3.11. The summed E-state index contributed by atoms with van der Waals surface area (Å²) in [6.07, 6.45) is 4.87. The first-order valence-electron chi connectivity index (χ1n) is 10.5. The molecule has 0 atom stereocenters.